The second-order valence-electron chi connectivity index (χ2n) is 4.12. The second kappa shape index (κ2) is 6.14. The van der Waals surface area contributed by atoms with Crippen molar-refractivity contribution in [3.63, 3.8) is 0 Å². The molecule has 2 aromatic rings. The van der Waals surface area contributed by atoms with Crippen LogP contribution in [0.4, 0.5) is 0 Å². The van der Waals surface area contributed by atoms with Gasteiger partial charge in [-0.2, -0.15) is 0 Å². The maximum atomic E-state index is 10.9. The smallest absolute Gasteiger partial charge is 0.219 e. The van der Waals surface area contributed by atoms with Crippen LogP contribution in [0, 0.1) is 5.21 Å². The van der Waals surface area contributed by atoms with Crippen molar-refractivity contribution < 1.29 is 9.80 Å². The van der Waals surface area contributed by atoms with E-state index in [2.05, 4.69) is 4.98 Å². The molecule has 0 aliphatic heterocycles. The lowest BCUT2D eigenvalue weighted by atomic mass is 10.1. The third kappa shape index (κ3) is 3.84. The van der Waals surface area contributed by atoms with Crippen molar-refractivity contribution in [2.45, 2.75) is 6.42 Å². The zero-order chi connectivity index (χ0) is 12.8. The highest BCUT2D eigenvalue weighted by molar-refractivity contribution is 5.30. The van der Waals surface area contributed by atoms with Crippen LogP contribution in [0.15, 0.2) is 48.7 Å². The fourth-order valence-corrected chi connectivity index (χ4v) is 1.57. The second-order valence-corrected chi connectivity index (χ2v) is 4.12. The molecule has 1 aromatic carbocycles. The molecule has 0 spiro atoms. The minimum Gasteiger partial charge on any atom is -0.634 e. The van der Waals surface area contributed by atoms with Gasteiger partial charge < -0.3 is 15.0 Å². The summed E-state index contributed by atoms with van der Waals surface area (Å²) in [4.78, 5) is 4.09. The number of nitrogens with zero attached hydrogens (tertiary/aromatic N) is 1. The summed E-state index contributed by atoms with van der Waals surface area (Å²) < 4.78 is 5.58. The topological polar surface area (TPSA) is 49.6 Å². The maximum Gasteiger partial charge on any atom is 0.219 e. The van der Waals surface area contributed by atoms with Gasteiger partial charge in [0.05, 0.1) is 13.6 Å². The fraction of sp³-hybridized carbons (Fsp3) is 0.214. The molecule has 0 fully saturated rings. The zero-order valence-electron chi connectivity index (χ0n) is 10.3. The van der Waals surface area contributed by atoms with Gasteiger partial charge in [0.15, 0.2) is 0 Å². The zero-order valence-corrected chi connectivity index (χ0v) is 10.3. The highest BCUT2D eigenvalue weighted by Gasteiger charge is 1.99. The van der Waals surface area contributed by atoms with Crippen LogP contribution in [-0.2, 0) is 6.42 Å². The normalized spacial score (nSPS) is 12.1. The molecule has 0 bridgehead atoms. The van der Waals surface area contributed by atoms with Crippen LogP contribution in [0.1, 0.15) is 5.56 Å². The van der Waals surface area contributed by atoms with E-state index in [4.69, 9.17) is 4.74 Å². The highest BCUT2D eigenvalue weighted by Crippen LogP contribution is 2.19. The van der Waals surface area contributed by atoms with Crippen LogP contribution in [0.5, 0.6) is 11.6 Å². The molecule has 0 amide bonds. The van der Waals surface area contributed by atoms with Crippen molar-refractivity contribution in [1.82, 2.24) is 4.98 Å². The van der Waals surface area contributed by atoms with Crippen LogP contribution in [0.2, 0.25) is 0 Å². The van der Waals surface area contributed by atoms with Crippen LogP contribution >= 0.6 is 0 Å². The van der Waals surface area contributed by atoms with Gasteiger partial charge in [0.1, 0.15) is 5.75 Å². The number of ether oxygens (including phenoxy) is 1. The Kier molecular flexibility index (Phi) is 4.28. The van der Waals surface area contributed by atoms with Gasteiger partial charge in [-0.3, -0.25) is 0 Å². The number of quaternary nitrogens is 1. The molecule has 1 N–H and O–H groups in total. The van der Waals surface area contributed by atoms with Crippen molar-refractivity contribution in [1.29, 1.82) is 0 Å². The molecule has 2 rings (SSSR count). The summed E-state index contributed by atoms with van der Waals surface area (Å²) in [7, 11) is 1.61. The predicted octanol–water partition coefficient (Wildman–Crippen LogP) is 1.43. The van der Waals surface area contributed by atoms with Gasteiger partial charge in [0, 0.05) is 18.7 Å². The first-order chi connectivity index (χ1) is 8.74. The molecule has 4 heteroatoms. The van der Waals surface area contributed by atoms with E-state index in [1.54, 1.807) is 13.2 Å². The number of hydrogen-bond acceptors (Lipinski definition) is 3. The van der Waals surface area contributed by atoms with E-state index in [0.29, 0.717) is 12.4 Å². The fourth-order valence-electron chi connectivity index (χ4n) is 1.57. The molecule has 0 aliphatic carbocycles. The molecule has 0 aliphatic rings. The average Bonchev–Trinajstić information content (AvgIpc) is 2.39. The van der Waals surface area contributed by atoms with Crippen molar-refractivity contribution in [2.24, 2.45) is 0 Å². The van der Waals surface area contributed by atoms with Gasteiger partial charge in [-0.15, -0.1) is 0 Å². The lowest BCUT2D eigenvalue weighted by Crippen LogP contribution is -3.04. The first-order valence-corrected chi connectivity index (χ1v) is 5.91. The Hall–Kier alpha value is -1.91. The lowest BCUT2D eigenvalue weighted by Gasteiger charge is -2.15. The summed E-state index contributed by atoms with van der Waals surface area (Å²) in [5.74, 6) is 1.33. The number of rotatable bonds is 5. The SMILES string of the molecule is C[NH+]([O-])CCc1ccc(Oc2ccccn2)cc1. The third-order valence-electron chi connectivity index (χ3n) is 2.55. The number of benzene rings is 1. The number of likely N-dealkylation sites (N-methyl/N-ethyl adjacent to an activating group) is 1. The van der Waals surface area contributed by atoms with E-state index in [-0.39, 0.29) is 5.06 Å². The summed E-state index contributed by atoms with van der Waals surface area (Å²) in [5, 5.41) is 11.1. The molecule has 94 valence electrons. The van der Waals surface area contributed by atoms with Crippen molar-refractivity contribution in [3.8, 4) is 11.6 Å². The molecular weight excluding hydrogens is 228 g/mol. The van der Waals surface area contributed by atoms with Crippen molar-refractivity contribution >= 4 is 0 Å². The Labute approximate surface area is 106 Å². The standard InChI is InChI=1S/C14H16N2O2/c1-16(17)11-9-12-5-7-13(8-6-12)18-14-4-2-3-10-15-14/h2-8,10,16H,9,11H2,1H3. The number of nitrogens with one attached hydrogen (secondary N) is 1. The number of hydrogen-bond donors (Lipinski definition) is 1. The van der Waals surface area contributed by atoms with Gasteiger partial charge in [-0.1, -0.05) is 18.2 Å². The van der Waals surface area contributed by atoms with Gasteiger partial charge in [0.25, 0.3) is 0 Å². The number of hydroxylamine groups is 2. The van der Waals surface area contributed by atoms with E-state index in [1.807, 2.05) is 42.5 Å². The molecule has 18 heavy (non-hydrogen) atoms. The van der Waals surface area contributed by atoms with E-state index in [9.17, 15) is 5.21 Å². The Balaban J connectivity index is 1.95. The average molecular weight is 244 g/mol. The molecule has 0 radical (unpaired) electrons. The summed E-state index contributed by atoms with van der Waals surface area (Å²) >= 11 is 0. The molecule has 1 heterocycles. The van der Waals surface area contributed by atoms with Crippen molar-refractivity contribution in [2.75, 3.05) is 13.6 Å². The largest absolute Gasteiger partial charge is 0.634 e. The first kappa shape index (κ1) is 12.5. The van der Waals surface area contributed by atoms with E-state index in [1.165, 1.54) is 0 Å². The maximum absolute atomic E-state index is 10.9. The van der Waals surface area contributed by atoms with E-state index >= 15 is 0 Å². The Morgan fingerprint density at radius 1 is 1.17 bits per heavy atom. The minimum absolute atomic E-state index is 0.212. The Morgan fingerprint density at radius 2 is 1.94 bits per heavy atom. The summed E-state index contributed by atoms with van der Waals surface area (Å²) in [6.07, 6.45) is 2.47. The van der Waals surface area contributed by atoms with Crippen LogP contribution < -0.4 is 9.80 Å². The van der Waals surface area contributed by atoms with Gasteiger partial charge in [0.2, 0.25) is 5.88 Å². The van der Waals surface area contributed by atoms with Gasteiger partial charge in [-0.25, -0.2) is 4.98 Å². The molecule has 1 unspecified atom stereocenters. The number of pyridine rings is 1. The van der Waals surface area contributed by atoms with E-state index < -0.39 is 0 Å². The molecule has 0 saturated carbocycles. The minimum atomic E-state index is 0.212. The Bertz CT molecular complexity index is 469. The summed E-state index contributed by atoms with van der Waals surface area (Å²) in [6, 6.07) is 13.3. The molecule has 1 aromatic heterocycles. The number of aromatic nitrogens is 1. The molecule has 0 saturated heterocycles. The predicted molar refractivity (Wildman–Crippen MR) is 69.6 cm³/mol. The van der Waals surface area contributed by atoms with Crippen LogP contribution in [-0.4, -0.2) is 18.6 Å². The highest BCUT2D eigenvalue weighted by atomic mass is 16.5. The van der Waals surface area contributed by atoms with Gasteiger partial charge >= 0.3 is 0 Å². The van der Waals surface area contributed by atoms with Crippen LogP contribution in [0.25, 0.3) is 0 Å². The van der Waals surface area contributed by atoms with E-state index in [0.717, 1.165) is 17.7 Å². The monoisotopic (exact) mass is 244 g/mol. The van der Waals surface area contributed by atoms with Crippen LogP contribution in [0.3, 0.4) is 0 Å². The summed E-state index contributed by atoms with van der Waals surface area (Å²) in [6.45, 7) is 0.584. The molecule has 4 nitrogen and oxygen atoms in total. The van der Waals surface area contributed by atoms with Crippen molar-refractivity contribution in [3.05, 3.63) is 59.4 Å². The van der Waals surface area contributed by atoms with Gasteiger partial charge in [-0.05, 0) is 23.8 Å². The summed E-state index contributed by atoms with van der Waals surface area (Å²) in [5.41, 5.74) is 1.14. The quantitative estimate of drug-likeness (QED) is 0.809. The lowest BCUT2D eigenvalue weighted by molar-refractivity contribution is -0.825. The first-order valence-electron chi connectivity index (χ1n) is 5.91. The molecule has 1 atom stereocenters. The molecular formula is C14H16N2O2. The Morgan fingerprint density at radius 3 is 2.56 bits per heavy atom. The third-order valence-corrected chi connectivity index (χ3v) is 2.55.